The molecule has 0 spiro atoms. The molecule has 0 amide bonds. The first-order valence-electron chi connectivity index (χ1n) is 6.03. The molecule has 1 aromatic carbocycles. The maximum absolute atomic E-state index is 10.9. The van der Waals surface area contributed by atoms with E-state index in [0.717, 1.165) is 0 Å². The topological polar surface area (TPSA) is 96.0 Å². The number of likely N-dealkylation sites (N-methyl/N-ethyl adjacent to an activating group) is 1. The van der Waals surface area contributed by atoms with Crippen LogP contribution in [0.3, 0.4) is 0 Å². The highest BCUT2D eigenvalue weighted by Crippen LogP contribution is 2.22. The number of carboxylic acids is 1. The SMILES string of the molecule is COCC(O)CN(C)c1nc2ccc(C(=O)O)cc2o1. The van der Waals surface area contributed by atoms with Gasteiger partial charge in [0.1, 0.15) is 5.52 Å². The predicted molar refractivity (Wildman–Crippen MR) is 72.1 cm³/mol. The molecular formula is C13H16N2O5. The van der Waals surface area contributed by atoms with Gasteiger partial charge in [-0.15, -0.1) is 0 Å². The van der Waals surface area contributed by atoms with E-state index in [-0.39, 0.29) is 12.2 Å². The lowest BCUT2D eigenvalue weighted by atomic mass is 10.2. The summed E-state index contributed by atoms with van der Waals surface area (Å²) in [5.74, 6) is -1.02. The van der Waals surface area contributed by atoms with Crippen molar-refractivity contribution < 1.29 is 24.2 Å². The number of benzene rings is 1. The molecule has 1 heterocycles. The van der Waals surface area contributed by atoms with E-state index in [1.807, 2.05) is 0 Å². The predicted octanol–water partition coefficient (Wildman–Crippen LogP) is 0.969. The van der Waals surface area contributed by atoms with E-state index in [4.69, 9.17) is 14.3 Å². The van der Waals surface area contributed by atoms with Crippen molar-refractivity contribution in [1.82, 2.24) is 4.98 Å². The lowest BCUT2D eigenvalue weighted by Crippen LogP contribution is -2.32. The number of hydrogen-bond donors (Lipinski definition) is 2. The molecule has 1 atom stereocenters. The van der Waals surface area contributed by atoms with E-state index in [2.05, 4.69) is 4.98 Å². The molecule has 7 heteroatoms. The van der Waals surface area contributed by atoms with Crippen LogP contribution in [0.15, 0.2) is 22.6 Å². The summed E-state index contributed by atoms with van der Waals surface area (Å²) in [5, 5.41) is 18.6. The van der Waals surface area contributed by atoms with Gasteiger partial charge in [-0.25, -0.2) is 4.79 Å². The van der Waals surface area contributed by atoms with Crippen LogP contribution >= 0.6 is 0 Å². The number of oxazole rings is 1. The fourth-order valence-electron chi connectivity index (χ4n) is 1.85. The second-order valence-electron chi connectivity index (χ2n) is 4.47. The summed E-state index contributed by atoms with van der Waals surface area (Å²) in [6.07, 6.45) is -0.658. The van der Waals surface area contributed by atoms with Crippen molar-refractivity contribution in [3.63, 3.8) is 0 Å². The number of ether oxygens (including phenoxy) is 1. The van der Waals surface area contributed by atoms with Crippen molar-refractivity contribution in [3.05, 3.63) is 23.8 Å². The molecule has 0 radical (unpaired) electrons. The zero-order valence-electron chi connectivity index (χ0n) is 11.2. The molecule has 20 heavy (non-hydrogen) atoms. The summed E-state index contributed by atoms with van der Waals surface area (Å²) in [6, 6.07) is 4.80. The number of aromatic nitrogens is 1. The van der Waals surface area contributed by atoms with E-state index in [1.54, 1.807) is 18.0 Å². The highest BCUT2D eigenvalue weighted by molar-refractivity contribution is 5.92. The number of aromatic carboxylic acids is 1. The first kappa shape index (κ1) is 14.3. The standard InChI is InChI=1S/C13H16N2O5/c1-15(6-9(16)7-19-2)13-14-10-4-3-8(12(17)18)5-11(10)20-13/h3-5,9,16H,6-7H2,1-2H3,(H,17,18). The average molecular weight is 280 g/mol. The molecule has 1 unspecified atom stereocenters. The number of hydrogen-bond acceptors (Lipinski definition) is 6. The Morgan fingerprint density at radius 3 is 2.95 bits per heavy atom. The van der Waals surface area contributed by atoms with E-state index in [0.29, 0.717) is 23.7 Å². The summed E-state index contributed by atoms with van der Waals surface area (Å²) in [7, 11) is 3.23. The number of rotatable bonds is 6. The Balaban J connectivity index is 2.20. The van der Waals surface area contributed by atoms with Crippen LogP contribution in [0.4, 0.5) is 6.01 Å². The summed E-state index contributed by atoms with van der Waals surface area (Å²) >= 11 is 0. The van der Waals surface area contributed by atoms with Gasteiger partial charge in [-0.2, -0.15) is 4.98 Å². The van der Waals surface area contributed by atoms with Gasteiger partial charge in [-0.05, 0) is 18.2 Å². The number of carboxylic acid groups (broad SMARTS) is 1. The molecular weight excluding hydrogens is 264 g/mol. The Kier molecular flexibility index (Phi) is 4.21. The third-order valence-corrected chi connectivity index (χ3v) is 2.79. The smallest absolute Gasteiger partial charge is 0.335 e. The van der Waals surface area contributed by atoms with Gasteiger partial charge < -0.3 is 24.3 Å². The van der Waals surface area contributed by atoms with Crippen molar-refractivity contribution in [2.75, 3.05) is 32.2 Å². The summed E-state index contributed by atoms with van der Waals surface area (Å²) in [6.45, 7) is 0.514. The first-order valence-corrected chi connectivity index (χ1v) is 6.03. The largest absolute Gasteiger partial charge is 0.478 e. The Hall–Kier alpha value is -2.12. The number of nitrogens with zero attached hydrogens (tertiary/aromatic N) is 2. The molecule has 0 aliphatic carbocycles. The van der Waals surface area contributed by atoms with E-state index in [9.17, 15) is 9.90 Å². The maximum atomic E-state index is 10.9. The number of aliphatic hydroxyl groups excluding tert-OH is 1. The summed E-state index contributed by atoms with van der Waals surface area (Å²) in [4.78, 5) is 16.8. The molecule has 2 aromatic rings. The minimum atomic E-state index is -1.02. The quantitative estimate of drug-likeness (QED) is 0.813. The van der Waals surface area contributed by atoms with Gasteiger partial charge in [0.15, 0.2) is 5.58 Å². The molecule has 0 bridgehead atoms. The zero-order chi connectivity index (χ0) is 14.7. The molecule has 2 N–H and O–H groups in total. The highest BCUT2D eigenvalue weighted by atomic mass is 16.5. The van der Waals surface area contributed by atoms with Crippen LogP contribution in [-0.2, 0) is 4.74 Å². The molecule has 0 fully saturated rings. The molecule has 0 aliphatic heterocycles. The lowest BCUT2D eigenvalue weighted by molar-refractivity contribution is 0.0689. The van der Waals surface area contributed by atoms with Crippen molar-refractivity contribution in [1.29, 1.82) is 0 Å². The van der Waals surface area contributed by atoms with Gasteiger partial charge in [0, 0.05) is 14.2 Å². The fraction of sp³-hybridized carbons (Fsp3) is 0.385. The van der Waals surface area contributed by atoms with Crippen LogP contribution in [0.5, 0.6) is 0 Å². The van der Waals surface area contributed by atoms with Crippen LogP contribution in [0.25, 0.3) is 11.1 Å². The van der Waals surface area contributed by atoms with Gasteiger partial charge >= 0.3 is 5.97 Å². The minimum Gasteiger partial charge on any atom is -0.478 e. The van der Waals surface area contributed by atoms with Crippen LogP contribution < -0.4 is 4.90 Å². The van der Waals surface area contributed by atoms with Crippen LogP contribution in [0.2, 0.25) is 0 Å². The number of fused-ring (bicyclic) bond motifs is 1. The zero-order valence-corrected chi connectivity index (χ0v) is 11.2. The van der Waals surface area contributed by atoms with Crippen molar-refractivity contribution in [3.8, 4) is 0 Å². The van der Waals surface area contributed by atoms with E-state index < -0.39 is 12.1 Å². The molecule has 1 aromatic heterocycles. The van der Waals surface area contributed by atoms with Crippen LogP contribution in [-0.4, -0.2) is 54.6 Å². The van der Waals surface area contributed by atoms with Gasteiger partial charge in [0.25, 0.3) is 6.01 Å². The monoisotopic (exact) mass is 280 g/mol. The number of methoxy groups -OCH3 is 1. The van der Waals surface area contributed by atoms with Crippen LogP contribution in [0, 0.1) is 0 Å². The molecule has 0 aliphatic rings. The Morgan fingerprint density at radius 1 is 1.55 bits per heavy atom. The third kappa shape index (κ3) is 3.06. The summed E-state index contributed by atoms with van der Waals surface area (Å²) < 4.78 is 10.3. The average Bonchev–Trinajstić information content (AvgIpc) is 2.81. The Bertz CT molecular complexity index is 610. The summed E-state index contributed by atoms with van der Waals surface area (Å²) in [5.41, 5.74) is 1.10. The normalized spacial score (nSPS) is 12.6. The number of aliphatic hydroxyl groups is 1. The van der Waals surface area contributed by atoms with Gasteiger partial charge in [-0.1, -0.05) is 0 Å². The molecule has 0 saturated carbocycles. The van der Waals surface area contributed by atoms with Gasteiger partial charge in [0.2, 0.25) is 0 Å². The van der Waals surface area contributed by atoms with E-state index >= 15 is 0 Å². The first-order chi connectivity index (χ1) is 9.51. The molecule has 7 nitrogen and oxygen atoms in total. The second kappa shape index (κ2) is 5.89. The van der Waals surface area contributed by atoms with Crippen molar-refractivity contribution in [2.45, 2.75) is 6.10 Å². The third-order valence-electron chi connectivity index (χ3n) is 2.79. The van der Waals surface area contributed by atoms with Crippen LogP contribution in [0.1, 0.15) is 10.4 Å². The molecule has 108 valence electrons. The van der Waals surface area contributed by atoms with Crippen molar-refractivity contribution >= 4 is 23.1 Å². The second-order valence-corrected chi connectivity index (χ2v) is 4.47. The Labute approximate surface area is 115 Å². The number of anilines is 1. The maximum Gasteiger partial charge on any atom is 0.335 e. The molecule has 2 rings (SSSR count). The lowest BCUT2D eigenvalue weighted by Gasteiger charge is -2.18. The Morgan fingerprint density at radius 2 is 2.30 bits per heavy atom. The van der Waals surface area contributed by atoms with Gasteiger partial charge in [-0.3, -0.25) is 0 Å². The fourth-order valence-corrected chi connectivity index (χ4v) is 1.85. The van der Waals surface area contributed by atoms with Crippen molar-refractivity contribution in [2.24, 2.45) is 0 Å². The number of carbonyl (C=O) groups is 1. The molecule has 0 saturated heterocycles. The minimum absolute atomic E-state index is 0.141. The van der Waals surface area contributed by atoms with E-state index in [1.165, 1.54) is 19.2 Å². The van der Waals surface area contributed by atoms with Gasteiger partial charge in [0.05, 0.1) is 24.8 Å². The highest BCUT2D eigenvalue weighted by Gasteiger charge is 2.15.